The zero-order valence-corrected chi connectivity index (χ0v) is 18.0. The predicted octanol–water partition coefficient (Wildman–Crippen LogP) is 5.74. The van der Waals surface area contributed by atoms with E-state index in [2.05, 4.69) is 4.98 Å². The maximum Gasteiger partial charge on any atom is 0.416 e. The second-order valence-electron chi connectivity index (χ2n) is 7.00. The Morgan fingerprint density at radius 1 is 1.19 bits per heavy atom. The SMILES string of the molecule is CC(C)N(C(=O)C(C#N)C(=O)c1cccc(C(F)(F)F)c1)c1ccc2[nH]c(=S)sc2c1. The molecule has 0 fully saturated rings. The summed E-state index contributed by atoms with van der Waals surface area (Å²) in [4.78, 5) is 30.3. The molecule has 160 valence electrons. The third-order valence-electron chi connectivity index (χ3n) is 4.55. The van der Waals surface area contributed by atoms with Crippen LogP contribution in [0.15, 0.2) is 42.5 Å². The molecule has 1 unspecified atom stereocenters. The van der Waals surface area contributed by atoms with Gasteiger partial charge in [0.2, 0.25) is 0 Å². The minimum absolute atomic E-state index is 0.350. The number of amides is 1. The van der Waals surface area contributed by atoms with Gasteiger partial charge < -0.3 is 9.88 Å². The Morgan fingerprint density at radius 2 is 1.90 bits per heavy atom. The summed E-state index contributed by atoms with van der Waals surface area (Å²) in [6, 6.07) is 10.1. The number of halogens is 3. The lowest BCUT2D eigenvalue weighted by molar-refractivity contribution is -0.137. The number of benzene rings is 2. The Balaban J connectivity index is 1.99. The lowest BCUT2D eigenvalue weighted by Gasteiger charge is -2.28. The highest BCUT2D eigenvalue weighted by atomic mass is 32.1. The molecule has 0 spiro atoms. The van der Waals surface area contributed by atoms with E-state index in [1.807, 2.05) is 0 Å². The summed E-state index contributed by atoms with van der Waals surface area (Å²) in [6.45, 7) is 3.43. The van der Waals surface area contributed by atoms with Gasteiger partial charge in [-0.3, -0.25) is 9.59 Å². The number of fused-ring (bicyclic) bond motifs is 1. The fraction of sp³-hybridized carbons (Fsp3) is 0.238. The first-order chi connectivity index (χ1) is 14.5. The quantitative estimate of drug-likeness (QED) is 0.297. The first-order valence-corrected chi connectivity index (χ1v) is 10.3. The minimum atomic E-state index is -4.65. The van der Waals surface area contributed by atoms with Crippen molar-refractivity contribution in [1.29, 1.82) is 5.26 Å². The van der Waals surface area contributed by atoms with Crippen molar-refractivity contribution < 1.29 is 22.8 Å². The van der Waals surface area contributed by atoms with E-state index in [0.717, 1.165) is 28.4 Å². The molecule has 0 aliphatic heterocycles. The lowest BCUT2D eigenvalue weighted by atomic mass is 9.95. The van der Waals surface area contributed by atoms with Gasteiger partial charge >= 0.3 is 6.18 Å². The number of hydrogen-bond acceptors (Lipinski definition) is 5. The van der Waals surface area contributed by atoms with Crippen molar-refractivity contribution in [1.82, 2.24) is 4.98 Å². The van der Waals surface area contributed by atoms with Gasteiger partial charge in [0.1, 0.15) is 0 Å². The summed E-state index contributed by atoms with van der Waals surface area (Å²) in [5.41, 5.74) is -0.138. The number of thiazole rings is 1. The molecule has 31 heavy (non-hydrogen) atoms. The number of ketones is 1. The second kappa shape index (κ2) is 8.61. The molecule has 1 heterocycles. The molecule has 2 aromatic carbocycles. The number of hydrogen-bond donors (Lipinski definition) is 1. The number of aromatic amines is 1. The Hall–Kier alpha value is -3.03. The van der Waals surface area contributed by atoms with Crippen molar-refractivity contribution in [2.75, 3.05) is 4.90 Å². The largest absolute Gasteiger partial charge is 0.416 e. The summed E-state index contributed by atoms with van der Waals surface area (Å²) < 4.78 is 40.3. The van der Waals surface area contributed by atoms with Crippen LogP contribution in [0.5, 0.6) is 0 Å². The monoisotopic (exact) mass is 463 g/mol. The van der Waals surface area contributed by atoms with Gasteiger partial charge in [0, 0.05) is 17.3 Å². The standard InChI is InChI=1S/C21H16F3N3O2S2/c1-11(2)27(14-6-7-16-17(9-14)31-20(30)26-16)19(29)15(10-25)18(28)12-4-3-5-13(8-12)21(22,23)24/h3-9,11,15H,1-2H3,(H,26,30). The van der Waals surface area contributed by atoms with E-state index in [9.17, 15) is 28.0 Å². The molecule has 0 saturated carbocycles. The van der Waals surface area contributed by atoms with Crippen LogP contribution in [0.4, 0.5) is 18.9 Å². The first-order valence-electron chi connectivity index (χ1n) is 9.10. The summed E-state index contributed by atoms with van der Waals surface area (Å²) in [6.07, 6.45) is -4.65. The highest BCUT2D eigenvalue weighted by molar-refractivity contribution is 7.73. The zero-order chi connectivity index (χ0) is 22.9. The molecule has 10 heteroatoms. The molecular formula is C21H16F3N3O2S2. The zero-order valence-electron chi connectivity index (χ0n) is 16.4. The minimum Gasteiger partial charge on any atom is -0.337 e. The molecule has 3 aromatic rings. The molecule has 1 aromatic heterocycles. The van der Waals surface area contributed by atoms with Crippen molar-refractivity contribution in [3.05, 3.63) is 57.5 Å². The predicted molar refractivity (Wildman–Crippen MR) is 115 cm³/mol. The normalized spacial score (nSPS) is 12.5. The van der Waals surface area contributed by atoms with E-state index < -0.39 is 35.4 Å². The summed E-state index contributed by atoms with van der Waals surface area (Å²) in [7, 11) is 0. The van der Waals surface area contributed by atoms with Crippen LogP contribution in [0.2, 0.25) is 0 Å². The molecule has 1 amide bonds. The van der Waals surface area contributed by atoms with Gasteiger partial charge in [0.25, 0.3) is 5.91 Å². The Bertz CT molecular complexity index is 1250. The highest BCUT2D eigenvalue weighted by Gasteiger charge is 2.36. The first kappa shape index (κ1) is 22.7. The summed E-state index contributed by atoms with van der Waals surface area (Å²) in [5.74, 6) is -3.58. The smallest absolute Gasteiger partial charge is 0.337 e. The van der Waals surface area contributed by atoms with E-state index in [-0.39, 0.29) is 5.56 Å². The number of nitrogens with one attached hydrogen (secondary N) is 1. The maximum atomic E-state index is 13.2. The summed E-state index contributed by atoms with van der Waals surface area (Å²) >= 11 is 6.44. The van der Waals surface area contributed by atoms with E-state index in [1.165, 1.54) is 16.2 Å². The highest BCUT2D eigenvalue weighted by Crippen LogP contribution is 2.31. The summed E-state index contributed by atoms with van der Waals surface area (Å²) in [5, 5.41) is 9.55. The molecule has 3 rings (SSSR count). The Morgan fingerprint density at radius 3 is 2.52 bits per heavy atom. The van der Waals surface area contributed by atoms with E-state index in [0.29, 0.717) is 15.7 Å². The van der Waals surface area contributed by atoms with Gasteiger partial charge in [-0.25, -0.2) is 0 Å². The van der Waals surface area contributed by atoms with Crippen LogP contribution >= 0.6 is 23.6 Å². The van der Waals surface area contributed by atoms with Crippen LogP contribution in [0, 0.1) is 21.2 Å². The molecule has 5 nitrogen and oxygen atoms in total. The van der Waals surface area contributed by atoms with Crippen molar-refractivity contribution in [3.63, 3.8) is 0 Å². The topological polar surface area (TPSA) is 77.0 Å². The lowest BCUT2D eigenvalue weighted by Crippen LogP contribution is -2.43. The molecule has 1 N–H and O–H groups in total. The van der Waals surface area contributed by atoms with Crippen LogP contribution in [0.1, 0.15) is 29.8 Å². The number of alkyl halides is 3. The van der Waals surface area contributed by atoms with Gasteiger partial charge in [0.05, 0.1) is 21.8 Å². The third-order valence-corrected chi connectivity index (χ3v) is 5.75. The maximum absolute atomic E-state index is 13.2. The molecule has 0 aliphatic rings. The average molecular weight is 464 g/mol. The number of anilines is 1. The number of nitriles is 1. The third kappa shape index (κ3) is 4.68. The molecule has 1 atom stereocenters. The average Bonchev–Trinajstić information content (AvgIpc) is 3.07. The number of carbonyl (C=O) groups is 2. The number of rotatable bonds is 5. The fourth-order valence-electron chi connectivity index (χ4n) is 3.14. The van der Waals surface area contributed by atoms with E-state index in [1.54, 1.807) is 38.1 Å². The van der Waals surface area contributed by atoms with Gasteiger partial charge in [-0.15, -0.1) is 11.3 Å². The molecular weight excluding hydrogens is 447 g/mol. The van der Waals surface area contributed by atoms with Crippen LogP contribution in [0.3, 0.4) is 0 Å². The fourth-order valence-corrected chi connectivity index (χ4v) is 4.29. The van der Waals surface area contributed by atoms with Gasteiger partial charge in [-0.1, -0.05) is 12.1 Å². The van der Waals surface area contributed by atoms with Crippen LogP contribution < -0.4 is 4.90 Å². The molecule has 0 aliphatic carbocycles. The van der Waals surface area contributed by atoms with Crippen molar-refractivity contribution in [3.8, 4) is 6.07 Å². The Labute approximate surface area is 184 Å². The van der Waals surface area contributed by atoms with Crippen molar-refractivity contribution >= 4 is 51.1 Å². The number of Topliss-reactive ketones (excluding diaryl/α,β-unsaturated/α-hetero) is 1. The number of nitrogens with zero attached hydrogens (tertiary/aromatic N) is 2. The van der Waals surface area contributed by atoms with Crippen LogP contribution in [-0.4, -0.2) is 22.7 Å². The number of aromatic nitrogens is 1. The van der Waals surface area contributed by atoms with Gasteiger partial charge in [-0.2, -0.15) is 18.4 Å². The molecule has 0 radical (unpaired) electrons. The van der Waals surface area contributed by atoms with Crippen molar-refractivity contribution in [2.45, 2.75) is 26.1 Å². The van der Waals surface area contributed by atoms with Gasteiger partial charge in [0.15, 0.2) is 15.7 Å². The Kier molecular flexibility index (Phi) is 6.29. The number of carbonyl (C=O) groups excluding carboxylic acids is 2. The molecule has 0 bridgehead atoms. The van der Waals surface area contributed by atoms with Crippen LogP contribution in [-0.2, 0) is 11.0 Å². The van der Waals surface area contributed by atoms with E-state index >= 15 is 0 Å². The number of H-pyrrole nitrogens is 1. The van der Waals surface area contributed by atoms with E-state index in [4.69, 9.17) is 12.2 Å². The molecule has 0 saturated heterocycles. The van der Waals surface area contributed by atoms with Crippen molar-refractivity contribution in [2.24, 2.45) is 5.92 Å². The van der Waals surface area contributed by atoms with Gasteiger partial charge in [-0.05, 0) is 56.4 Å². The van der Waals surface area contributed by atoms with Crippen LogP contribution in [0.25, 0.3) is 10.2 Å². The second-order valence-corrected chi connectivity index (χ2v) is 8.72.